The number of furan rings is 1. The van der Waals surface area contributed by atoms with Crippen molar-refractivity contribution < 1.29 is 9.21 Å². The number of nitrogens with one attached hydrogen (secondary N) is 1. The van der Waals surface area contributed by atoms with E-state index in [2.05, 4.69) is 15.5 Å². The molecule has 3 aromatic rings. The van der Waals surface area contributed by atoms with Crippen LogP contribution in [-0.2, 0) is 11.3 Å². The Bertz CT molecular complexity index is 950. The molecular weight excluding hydrogens is 420 g/mol. The zero-order valence-corrected chi connectivity index (χ0v) is 18.3. The zero-order valence-electron chi connectivity index (χ0n) is 16.7. The Morgan fingerprint density at radius 3 is 2.70 bits per heavy atom. The van der Waals surface area contributed by atoms with Gasteiger partial charge in [0.05, 0.1) is 18.6 Å². The quantitative estimate of drug-likeness (QED) is 0.493. The summed E-state index contributed by atoms with van der Waals surface area (Å²) in [6.45, 7) is 1.26. The molecule has 0 atom stereocenters. The summed E-state index contributed by atoms with van der Waals surface area (Å²) in [5.74, 6) is 2.48. The summed E-state index contributed by atoms with van der Waals surface area (Å²) in [7, 11) is 0. The minimum absolute atomic E-state index is 0.0335. The second kappa shape index (κ2) is 10.2. The third-order valence-corrected chi connectivity index (χ3v) is 6.58. The topological polar surface area (TPSA) is 73.0 Å². The van der Waals surface area contributed by atoms with Gasteiger partial charge in [0.25, 0.3) is 0 Å². The van der Waals surface area contributed by atoms with E-state index >= 15 is 0 Å². The van der Waals surface area contributed by atoms with Gasteiger partial charge in [-0.15, -0.1) is 10.2 Å². The number of carbonyl (C=O) groups excluding carboxylic acids is 1. The van der Waals surface area contributed by atoms with Crippen LogP contribution in [-0.4, -0.2) is 33.0 Å². The van der Waals surface area contributed by atoms with Gasteiger partial charge in [-0.1, -0.05) is 42.6 Å². The predicted octanol–water partition coefficient (Wildman–Crippen LogP) is 5.03. The second-order valence-electron chi connectivity index (χ2n) is 7.58. The Labute approximate surface area is 185 Å². The van der Waals surface area contributed by atoms with E-state index in [1.807, 2.05) is 41.0 Å². The fourth-order valence-corrected chi connectivity index (χ4v) is 4.63. The third-order valence-electron chi connectivity index (χ3n) is 5.36. The number of halogens is 1. The Hall–Kier alpha value is -2.25. The molecule has 2 aromatic heterocycles. The van der Waals surface area contributed by atoms with Gasteiger partial charge in [0, 0.05) is 17.1 Å². The van der Waals surface area contributed by atoms with Crippen molar-refractivity contribution in [1.82, 2.24) is 20.1 Å². The van der Waals surface area contributed by atoms with Crippen molar-refractivity contribution in [3.05, 3.63) is 53.4 Å². The van der Waals surface area contributed by atoms with E-state index in [1.54, 1.807) is 6.26 Å². The molecule has 0 saturated heterocycles. The SMILES string of the molecule is O=C(CSc1nnc(-c2ccc(Cl)cc2)n1Cc1ccco1)NCC1CCCCC1. The second-order valence-corrected chi connectivity index (χ2v) is 8.95. The highest BCUT2D eigenvalue weighted by Crippen LogP contribution is 2.27. The van der Waals surface area contributed by atoms with Crippen molar-refractivity contribution in [1.29, 1.82) is 0 Å². The van der Waals surface area contributed by atoms with E-state index in [4.69, 9.17) is 16.0 Å². The van der Waals surface area contributed by atoms with Crippen LogP contribution in [0.4, 0.5) is 0 Å². The van der Waals surface area contributed by atoms with Crippen molar-refractivity contribution in [2.24, 2.45) is 5.92 Å². The standard InChI is InChI=1S/C22H25ClN4O2S/c23-18-10-8-17(9-11-18)21-25-26-22(27(21)14-19-7-4-12-29-19)30-15-20(28)24-13-16-5-2-1-3-6-16/h4,7-12,16H,1-3,5-6,13-15H2,(H,24,28). The van der Waals surface area contributed by atoms with Gasteiger partial charge in [0.2, 0.25) is 5.91 Å². The molecule has 1 aliphatic rings. The third kappa shape index (κ3) is 5.46. The molecule has 1 N–H and O–H groups in total. The molecule has 1 amide bonds. The summed E-state index contributed by atoms with van der Waals surface area (Å²) in [5, 5.41) is 13.1. The monoisotopic (exact) mass is 444 g/mol. The number of hydrogen-bond acceptors (Lipinski definition) is 5. The lowest BCUT2D eigenvalue weighted by atomic mass is 9.89. The maximum atomic E-state index is 12.4. The minimum atomic E-state index is 0.0335. The Kier molecular flexibility index (Phi) is 7.12. The number of thioether (sulfide) groups is 1. The lowest BCUT2D eigenvalue weighted by Gasteiger charge is -2.21. The molecule has 4 rings (SSSR count). The summed E-state index contributed by atoms with van der Waals surface area (Å²) in [5.41, 5.74) is 0.909. The first-order valence-electron chi connectivity index (χ1n) is 10.3. The fourth-order valence-electron chi connectivity index (χ4n) is 3.74. The molecule has 0 spiro atoms. The first-order chi connectivity index (χ1) is 14.7. The van der Waals surface area contributed by atoms with Gasteiger partial charge in [-0.2, -0.15) is 0 Å². The van der Waals surface area contributed by atoms with Crippen molar-refractivity contribution in [2.75, 3.05) is 12.3 Å². The molecule has 158 valence electrons. The van der Waals surface area contributed by atoms with Crippen molar-refractivity contribution >= 4 is 29.3 Å². The van der Waals surface area contributed by atoms with E-state index < -0.39 is 0 Å². The smallest absolute Gasteiger partial charge is 0.230 e. The molecule has 1 aliphatic carbocycles. The van der Waals surface area contributed by atoms with Crippen LogP contribution >= 0.6 is 23.4 Å². The van der Waals surface area contributed by atoms with Gasteiger partial charge in [0.1, 0.15) is 5.76 Å². The van der Waals surface area contributed by atoms with Crippen LogP contribution in [0.3, 0.4) is 0 Å². The molecule has 1 aromatic carbocycles. The molecule has 0 unspecified atom stereocenters. The Morgan fingerprint density at radius 2 is 1.97 bits per heavy atom. The zero-order chi connectivity index (χ0) is 20.8. The highest BCUT2D eigenvalue weighted by atomic mass is 35.5. The van der Waals surface area contributed by atoms with E-state index in [0.29, 0.717) is 34.2 Å². The molecule has 6 nitrogen and oxygen atoms in total. The molecule has 1 saturated carbocycles. The van der Waals surface area contributed by atoms with Crippen molar-refractivity contribution in [2.45, 2.75) is 43.8 Å². The molecule has 30 heavy (non-hydrogen) atoms. The average molecular weight is 445 g/mol. The van der Waals surface area contributed by atoms with Crippen LogP contribution in [0.15, 0.2) is 52.2 Å². The van der Waals surface area contributed by atoms with Crippen LogP contribution in [0, 0.1) is 5.92 Å². The highest BCUT2D eigenvalue weighted by Gasteiger charge is 2.18. The molecule has 0 radical (unpaired) electrons. The van der Waals surface area contributed by atoms with E-state index in [-0.39, 0.29) is 5.91 Å². The summed E-state index contributed by atoms with van der Waals surface area (Å²) in [6, 6.07) is 11.2. The average Bonchev–Trinajstić information content (AvgIpc) is 3.43. The lowest BCUT2D eigenvalue weighted by molar-refractivity contribution is -0.118. The minimum Gasteiger partial charge on any atom is -0.467 e. The summed E-state index contributed by atoms with van der Waals surface area (Å²) >= 11 is 7.42. The Morgan fingerprint density at radius 1 is 1.17 bits per heavy atom. The van der Waals surface area contributed by atoms with Crippen LogP contribution < -0.4 is 5.32 Å². The maximum absolute atomic E-state index is 12.4. The molecule has 1 fully saturated rings. The lowest BCUT2D eigenvalue weighted by Crippen LogP contribution is -2.31. The number of nitrogens with zero attached hydrogens (tertiary/aromatic N) is 3. The van der Waals surface area contributed by atoms with Gasteiger partial charge in [-0.05, 0) is 55.2 Å². The van der Waals surface area contributed by atoms with E-state index in [0.717, 1.165) is 17.9 Å². The Balaban J connectivity index is 1.44. The van der Waals surface area contributed by atoms with Gasteiger partial charge >= 0.3 is 0 Å². The number of rotatable bonds is 8. The number of benzene rings is 1. The van der Waals surface area contributed by atoms with Crippen LogP contribution in [0.1, 0.15) is 37.9 Å². The molecular formula is C22H25ClN4O2S. The van der Waals surface area contributed by atoms with Gasteiger partial charge < -0.3 is 9.73 Å². The van der Waals surface area contributed by atoms with Crippen molar-refractivity contribution in [3.63, 3.8) is 0 Å². The number of aromatic nitrogens is 3. The van der Waals surface area contributed by atoms with Crippen LogP contribution in [0.5, 0.6) is 0 Å². The van der Waals surface area contributed by atoms with Gasteiger partial charge in [-0.3, -0.25) is 9.36 Å². The first-order valence-corrected chi connectivity index (χ1v) is 11.7. The van der Waals surface area contributed by atoms with Gasteiger partial charge in [-0.25, -0.2) is 0 Å². The van der Waals surface area contributed by atoms with Crippen molar-refractivity contribution in [3.8, 4) is 11.4 Å². The first kappa shape index (κ1) is 21.0. The van der Waals surface area contributed by atoms with E-state index in [1.165, 1.54) is 43.9 Å². The summed E-state index contributed by atoms with van der Waals surface area (Å²) < 4.78 is 7.49. The van der Waals surface area contributed by atoms with Gasteiger partial charge in [0.15, 0.2) is 11.0 Å². The number of carbonyl (C=O) groups is 1. The van der Waals surface area contributed by atoms with Crippen LogP contribution in [0.25, 0.3) is 11.4 Å². The molecule has 8 heteroatoms. The number of hydrogen-bond donors (Lipinski definition) is 1. The predicted molar refractivity (Wildman–Crippen MR) is 119 cm³/mol. The van der Waals surface area contributed by atoms with E-state index in [9.17, 15) is 4.79 Å². The summed E-state index contributed by atoms with van der Waals surface area (Å²) in [6.07, 6.45) is 7.96. The molecule has 0 aliphatic heterocycles. The van der Waals surface area contributed by atoms with Crippen LogP contribution in [0.2, 0.25) is 5.02 Å². The number of amides is 1. The fraction of sp³-hybridized carbons (Fsp3) is 0.409. The largest absolute Gasteiger partial charge is 0.467 e. The summed E-state index contributed by atoms with van der Waals surface area (Å²) in [4.78, 5) is 12.4. The molecule has 2 heterocycles. The maximum Gasteiger partial charge on any atom is 0.230 e. The normalized spacial score (nSPS) is 14.7. The highest BCUT2D eigenvalue weighted by molar-refractivity contribution is 7.99. The molecule has 0 bridgehead atoms.